The van der Waals surface area contributed by atoms with Gasteiger partial charge in [-0.25, -0.2) is 0 Å². The third kappa shape index (κ3) is 4.39. The van der Waals surface area contributed by atoms with Crippen molar-refractivity contribution in [3.05, 3.63) is 60.9 Å². The highest BCUT2D eigenvalue weighted by Gasteiger charge is 2.07. The lowest BCUT2D eigenvalue weighted by atomic mass is 10.0. The Morgan fingerprint density at radius 3 is 2.04 bits per heavy atom. The molecule has 0 atom stereocenters. The number of pyridine rings is 1. The van der Waals surface area contributed by atoms with E-state index in [1.807, 2.05) is 12.4 Å². The van der Waals surface area contributed by atoms with Gasteiger partial charge in [-0.15, -0.1) is 0 Å². The molecular formula is C23H28N2. The van der Waals surface area contributed by atoms with Crippen LogP contribution in [-0.2, 0) is 0 Å². The first-order valence-electron chi connectivity index (χ1n) is 9.51. The molecule has 0 unspecified atom stereocenters. The molecule has 2 nitrogen and oxygen atoms in total. The van der Waals surface area contributed by atoms with Gasteiger partial charge in [-0.3, -0.25) is 4.98 Å². The highest BCUT2D eigenvalue weighted by molar-refractivity contribution is 5.89. The second-order valence-electron chi connectivity index (χ2n) is 6.68. The molecule has 0 bridgehead atoms. The Bertz CT molecular complexity index is 788. The van der Waals surface area contributed by atoms with E-state index in [9.17, 15) is 0 Å². The van der Waals surface area contributed by atoms with E-state index in [4.69, 9.17) is 0 Å². The zero-order chi connectivity index (χ0) is 17.5. The summed E-state index contributed by atoms with van der Waals surface area (Å²) in [6, 6.07) is 17.7. The van der Waals surface area contributed by atoms with Crippen LogP contribution in [0.1, 0.15) is 39.5 Å². The number of nitrogens with zero attached hydrogens (tertiary/aromatic N) is 2. The lowest BCUT2D eigenvalue weighted by Gasteiger charge is -2.25. The van der Waals surface area contributed by atoms with Gasteiger partial charge in [0, 0.05) is 31.2 Å². The summed E-state index contributed by atoms with van der Waals surface area (Å²) in [4.78, 5) is 6.65. The maximum absolute atomic E-state index is 4.11. The van der Waals surface area contributed by atoms with Crippen molar-refractivity contribution in [2.75, 3.05) is 18.0 Å². The molecule has 0 aliphatic heterocycles. The second-order valence-corrected chi connectivity index (χ2v) is 6.68. The van der Waals surface area contributed by atoms with E-state index >= 15 is 0 Å². The van der Waals surface area contributed by atoms with Crippen molar-refractivity contribution in [3.63, 3.8) is 0 Å². The van der Waals surface area contributed by atoms with Crippen LogP contribution in [0.15, 0.2) is 60.9 Å². The summed E-state index contributed by atoms with van der Waals surface area (Å²) in [6.07, 6.45) is 8.69. The largest absolute Gasteiger partial charge is 0.372 e. The number of benzene rings is 2. The van der Waals surface area contributed by atoms with E-state index in [2.05, 4.69) is 72.3 Å². The smallest absolute Gasteiger partial charge is 0.0372 e. The van der Waals surface area contributed by atoms with E-state index < -0.39 is 0 Å². The molecule has 0 spiro atoms. The summed E-state index contributed by atoms with van der Waals surface area (Å²) in [5, 5.41) is 2.61. The van der Waals surface area contributed by atoms with E-state index in [0.717, 1.165) is 13.1 Å². The number of unbranched alkanes of at least 4 members (excludes halogenated alkanes) is 2. The fourth-order valence-corrected chi connectivity index (χ4v) is 3.22. The lowest BCUT2D eigenvalue weighted by molar-refractivity contribution is 0.678. The van der Waals surface area contributed by atoms with Gasteiger partial charge in [0.05, 0.1) is 0 Å². The van der Waals surface area contributed by atoms with E-state index in [1.165, 1.54) is 53.3 Å². The highest BCUT2D eigenvalue weighted by Crippen LogP contribution is 2.27. The quantitative estimate of drug-likeness (QED) is 0.480. The van der Waals surface area contributed by atoms with E-state index in [0.29, 0.717) is 0 Å². The SMILES string of the molecule is CCCCN(CCCC)c1ccc2cc(-c3ccncc3)ccc2c1. The molecule has 0 fully saturated rings. The Hall–Kier alpha value is -2.35. The predicted molar refractivity (Wildman–Crippen MR) is 109 cm³/mol. The van der Waals surface area contributed by atoms with Crippen molar-refractivity contribution < 1.29 is 0 Å². The van der Waals surface area contributed by atoms with Crippen molar-refractivity contribution >= 4 is 16.5 Å². The van der Waals surface area contributed by atoms with Crippen LogP contribution in [0, 0.1) is 0 Å². The second kappa shape index (κ2) is 8.66. The first-order chi connectivity index (χ1) is 12.3. The normalized spacial score (nSPS) is 11.0. The summed E-state index contributed by atoms with van der Waals surface area (Å²) >= 11 is 0. The lowest BCUT2D eigenvalue weighted by Crippen LogP contribution is -2.25. The molecule has 0 amide bonds. The van der Waals surface area contributed by atoms with Crippen LogP contribution in [0.2, 0.25) is 0 Å². The highest BCUT2D eigenvalue weighted by atomic mass is 15.1. The molecule has 130 valence electrons. The van der Waals surface area contributed by atoms with Gasteiger partial charge in [0.15, 0.2) is 0 Å². The Kier molecular flexibility index (Phi) is 6.05. The van der Waals surface area contributed by atoms with Crippen LogP contribution < -0.4 is 4.90 Å². The maximum atomic E-state index is 4.11. The third-order valence-electron chi connectivity index (χ3n) is 4.77. The molecule has 0 N–H and O–H groups in total. The molecule has 0 saturated carbocycles. The van der Waals surface area contributed by atoms with E-state index in [-0.39, 0.29) is 0 Å². The Morgan fingerprint density at radius 2 is 1.36 bits per heavy atom. The molecule has 0 aliphatic carbocycles. The van der Waals surface area contributed by atoms with Crippen molar-refractivity contribution in [2.24, 2.45) is 0 Å². The van der Waals surface area contributed by atoms with Gasteiger partial charge in [0.1, 0.15) is 0 Å². The fourth-order valence-electron chi connectivity index (χ4n) is 3.22. The van der Waals surface area contributed by atoms with Crippen LogP contribution >= 0.6 is 0 Å². The number of hydrogen-bond donors (Lipinski definition) is 0. The molecule has 1 aromatic heterocycles. The van der Waals surface area contributed by atoms with Crippen LogP contribution in [0.5, 0.6) is 0 Å². The first-order valence-corrected chi connectivity index (χ1v) is 9.51. The molecule has 2 aromatic carbocycles. The number of anilines is 1. The van der Waals surface area contributed by atoms with Gasteiger partial charge in [-0.05, 0) is 65.1 Å². The predicted octanol–water partition coefficient (Wildman–Crippen LogP) is 6.31. The average Bonchev–Trinajstić information content (AvgIpc) is 2.68. The molecule has 0 saturated heterocycles. The van der Waals surface area contributed by atoms with Crippen LogP contribution in [0.25, 0.3) is 21.9 Å². The minimum absolute atomic E-state index is 1.15. The topological polar surface area (TPSA) is 16.1 Å². The summed E-state index contributed by atoms with van der Waals surface area (Å²) in [5.41, 5.74) is 3.82. The monoisotopic (exact) mass is 332 g/mol. The molecule has 0 radical (unpaired) electrons. The number of aromatic nitrogens is 1. The summed E-state index contributed by atoms with van der Waals surface area (Å²) in [7, 11) is 0. The van der Waals surface area contributed by atoms with Crippen molar-refractivity contribution in [1.82, 2.24) is 4.98 Å². The molecule has 1 heterocycles. The molecule has 25 heavy (non-hydrogen) atoms. The fraction of sp³-hybridized carbons (Fsp3) is 0.348. The van der Waals surface area contributed by atoms with E-state index in [1.54, 1.807) is 0 Å². The zero-order valence-corrected chi connectivity index (χ0v) is 15.4. The number of fused-ring (bicyclic) bond motifs is 1. The standard InChI is InChI=1S/C23H28N2/c1-3-5-15-25(16-6-4-2)23-10-9-21-17-20(7-8-22(21)18-23)19-11-13-24-14-12-19/h7-14,17-18H,3-6,15-16H2,1-2H3. The summed E-state index contributed by atoms with van der Waals surface area (Å²) < 4.78 is 0. The molecule has 2 heteroatoms. The molecular weight excluding hydrogens is 304 g/mol. The van der Waals surface area contributed by atoms with Crippen molar-refractivity contribution in [1.29, 1.82) is 0 Å². The number of rotatable bonds is 8. The minimum Gasteiger partial charge on any atom is -0.372 e. The average molecular weight is 332 g/mol. The van der Waals surface area contributed by atoms with Gasteiger partial charge in [0.2, 0.25) is 0 Å². The Labute approximate surface area is 151 Å². The number of hydrogen-bond acceptors (Lipinski definition) is 2. The molecule has 3 aromatic rings. The van der Waals surface area contributed by atoms with Gasteiger partial charge in [-0.2, -0.15) is 0 Å². The van der Waals surface area contributed by atoms with Crippen LogP contribution in [0.3, 0.4) is 0 Å². The Balaban J connectivity index is 1.88. The molecule has 3 rings (SSSR count). The summed E-state index contributed by atoms with van der Waals surface area (Å²) in [6.45, 7) is 6.83. The van der Waals surface area contributed by atoms with Crippen LogP contribution in [-0.4, -0.2) is 18.1 Å². The third-order valence-corrected chi connectivity index (χ3v) is 4.77. The first kappa shape index (κ1) is 17.5. The van der Waals surface area contributed by atoms with Gasteiger partial charge >= 0.3 is 0 Å². The van der Waals surface area contributed by atoms with Crippen molar-refractivity contribution in [2.45, 2.75) is 39.5 Å². The van der Waals surface area contributed by atoms with Gasteiger partial charge in [0.25, 0.3) is 0 Å². The van der Waals surface area contributed by atoms with Crippen molar-refractivity contribution in [3.8, 4) is 11.1 Å². The zero-order valence-electron chi connectivity index (χ0n) is 15.4. The van der Waals surface area contributed by atoms with Crippen LogP contribution in [0.4, 0.5) is 5.69 Å². The molecule has 0 aliphatic rings. The summed E-state index contributed by atoms with van der Waals surface area (Å²) in [5.74, 6) is 0. The minimum atomic E-state index is 1.15. The maximum Gasteiger partial charge on any atom is 0.0372 e. The van der Waals surface area contributed by atoms with Gasteiger partial charge in [-0.1, -0.05) is 44.9 Å². The Morgan fingerprint density at radius 1 is 0.720 bits per heavy atom. The van der Waals surface area contributed by atoms with Gasteiger partial charge < -0.3 is 4.90 Å².